The summed E-state index contributed by atoms with van der Waals surface area (Å²) in [5.74, 6) is -0.735. The Bertz CT molecular complexity index is 252. The Labute approximate surface area is 77.2 Å². The molecule has 0 aromatic carbocycles. The summed E-state index contributed by atoms with van der Waals surface area (Å²) in [7, 11) is 0. The van der Waals surface area contributed by atoms with E-state index in [1.807, 2.05) is 0 Å². The van der Waals surface area contributed by atoms with Crippen LogP contribution in [0, 0.1) is 0 Å². The molecule has 1 rings (SSSR count). The Morgan fingerprint density at radius 1 is 1.54 bits per heavy atom. The van der Waals surface area contributed by atoms with Gasteiger partial charge in [-0.15, -0.1) is 0 Å². The van der Waals surface area contributed by atoms with Gasteiger partial charge in [-0.3, -0.25) is 9.59 Å². The summed E-state index contributed by atoms with van der Waals surface area (Å²) in [6.45, 7) is 1.57. The van der Waals surface area contributed by atoms with E-state index in [2.05, 4.69) is 5.32 Å². The molecule has 0 aromatic heterocycles. The second-order valence-corrected chi connectivity index (χ2v) is 3.29. The van der Waals surface area contributed by atoms with Crippen LogP contribution in [0.5, 0.6) is 0 Å². The number of hydrogen-bond donors (Lipinski definition) is 2. The van der Waals surface area contributed by atoms with Crippen LogP contribution in [0.15, 0.2) is 11.6 Å². The third kappa shape index (κ3) is 2.89. The van der Waals surface area contributed by atoms with E-state index in [-0.39, 0.29) is 5.91 Å². The van der Waals surface area contributed by atoms with E-state index in [0.717, 1.165) is 24.8 Å². The Morgan fingerprint density at radius 3 is 2.54 bits per heavy atom. The summed E-state index contributed by atoms with van der Waals surface area (Å²) in [4.78, 5) is 21.8. The summed E-state index contributed by atoms with van der Waals surface area (Å²) >= 11 is 0. The first-order valence-corrected chi connectivity index (χ1v) is 4.39. The molecule has 0 saturated heterocycles. The highest BCUT2D eigenvalue weighted by Gasteiger charge is 2.13. The van der Waals surface area contributed by atoms with Gasteiger partial charge >= 0.3 is 0 Å². The number of rotatable bonds is 3. The first-order valence-electron chi connectivity index (χ1n) is 4.39. The van der Waals surface area contributed by atoms with Crippen LogP contribution in [-0.2, 0) is 9.59 Å². The van der Waals surface area contributed by atoms with E-state index < -0.39 is 11.9 Å². The van der Waals surface area contributed by atoms with Gasteiger partial charge in [-0.05, 0) is 26.2 Å². The van der Waals surface area contributed by atoms with Crippen molar-refractivity contribution >= 4 is 11.8 Å². The maximum atomic E-state index is 11.2. The van der Waals surface area contributed by atoms with Crippen LogP contribution in [-0.4, -0.2) is 17.9 Å². The van der Waals surface area contributed by atoms with Gasteiger partial charge in [-0.25, -0.2) is 0 Å². The second-order valence-electron chi connectivity index (χ2n) is 3.29. The van der Waals surface area contributed by atoms with Crippen molar-refractivity contribution in [1.29, 1.82) is 0 Å². The largest absolute Gasteiger partial charge is 0.368 e. The van der Waals surface area contributed by atoms with E-state index >= 15 is 0 Å². The number of carbonyl (C=O) groups excluding carboxylic acids is 2. The minimum atomic E-state index is -0.593. The van der Waals surface area contributed by atoms with Gasteiger partial charge in [0.15, 0.2) is 0 Å². The fourth-order valence-electron chi connectivity index (χ4n) is 1.04. The van der Waals surface area contributed by atoms with Gasteiger partial charge in [-0.2, -0.15) is 0 Å². The predicted molar refractivity (Wildman–Crippen MR) is 48.7 cm³/mol. The fourth-order valence-corrected chi connectivity index (χ4v) is 1.04. The van der Waals surface area contributed by atoms with Gasteiger partial charge in [0.1, 0.15) is 6.04 Å². The zero-order valence-corrected chi connectivity index (χ0v) is 7.67. The SMILES string of the molecule is CC(NC(=O)C=C1CCC1)C(N)=O. The zero-order chi connectivity index (χ0) is 9.84. The highest BCUT2D eigenvalue weighted by Crippen LogP contribution is 2.24. The van der Waals surface area contributed by atoms with Crippen molar-refractivity contribution in [2.75, 3.05) is 0 Å². The Morgan fingerprint density at radius 2 is 2.15 bits per heavy atom. The highest BCUT2D eigenvalue weighted by molar-refractivity contribution is 5.92. The van der Waals surface area contributed by atoms with Gasteiger partial charge < -0.3 is 11.1 Å². The van der Waals surface area contributed by atoms with Gasteiger partial charge in [-0.1, -0.05) is 5.57 Å². The maximum absolute atomic E-state index is 11.2. The zero-order valence-electron chi connectivity index (χ0n) is 7.67. The molecule has 0 aromatic rings. The molecule has 4 nitrogen and oxygen atoms in total. The van der Waals surface area contributed by atoms with E-state index in [4.69, 9.17) is 5.73 Å². The van der Waals surface area contributed by atoms with Gasteiger partial charge in [0.2, 0.25) is 11.8 Å². The third-order valence-electron chi connectivity index (χ3n) is 2.12. The minimum Gasteiger partial charge on any atom is -0.368 e. The normalized spacial score (nSPS) is 17.2. The molecule has 1 aliphatic rings. The van der Waals surface area contributed by atoms with Crippen molar-refractivity contribution in [2.45, 2.75) is 32.2 Å². The first kappa shape index (κ1) is 9.77. The lowest BCUT2D eigenvalue weighted by atomic mass is 9.92. The summed E-state index contributed by atoms with van der Waals surface area (Å²) in [6, 6.07) is -0.593. The average Bonchev–Trinajstić information content (AvgIpc) is 1.96. The van der Waals surface area contributed by atoms with Gasteiger partial charge in [0.05, 0.1) is 0 Å². The topological polar surface area (TPSA) is 72.2 Å². The van der Waals surface area contributed by atoms with Crippen molar-refractivity contribution < 1.29 is 9.59 Å². The van der Waals surface area contributed by atoms with E-state index in [9.17, 15) is 9.59 Å². The number of amides is 2. The number of nitrogens with one attached hydrogen (secondary N) is 1. The number of allylic oxidation sites excluding steroid dienone is 1. The lowest BCUT2D eigenvalue weighted by molar-refractivity contribution is -0.124. The Kier molecular flexibility index (Phi) is 3.06. The molecule has 0 spiro atoms. The summed E-state index contributed by atoms with van der Waals surface area (Å²) in [6.07, 6.45) is 4.71. The molecule has 0 heterocycles. The van der Waals surface area contributed by atoms with Crippen LogP contribution in [0.1, 0.15) is 26.2 Å². The second kappa shape index (κ2) is 4.07. The van der Waals surface area contributed by atoms with Crippen molar-refractivity contribution in [3.05, 3.63) is 11.6 Å². The minimum absolute atomic E-state index is 0.221. The summed E-state index contributed by atoms with van der Waals surface area (Å²) in [5, 5.41) is 2.49. The van der Waals surface area contributed by atoms with Crippen LogP contribution in [0.25, 0.3) is 0 Å². The lowest BCUT2D eigenvalue weighted by Crippen LogP contribution is -2.41. The molecule has 1 aliphatic carbocycles. The van der Waals surface area contributed by atoms with Crippen LogP contribution >= 0.6 is 0 Å². The predicted octanol–water partition coefficient (Wildman–Crippen LogP) is 0.0867. The number of primary amides is 1. The van der Waals surface area contributed by atoms with Crippen molar-refractivity contribution in [1.82, 2.24) is 5.32 Å². The molecular weight excluding hydrogens is 168 g/mol. The highest BCUT2D eigenvalue weighted by atomic mass is 16.2. The standard InChI is InChI=1S/C9H14N2O2/c1-6(9(10)13)11-8(12)5-7-3-2-4-7/h5-6H,2-4H2,1H3,(H2,10,13)(H,11,12). The van der Waals surface area contributed by atoms with Crippen LogP contribution in [0.3, 0.4) is 0 Å². The van der Waals surface area contributed by atoms with Gasteiger partial charge in [0, 0.05) is 6.08 Å². The number of hydrogen-bond acceptors (Lipinski definition) is 2. The number of carbonyl (C=O) groups is 2. The molecular formula is C9H14N2O2. The molecule has 72 valence electrons. The van der Waals surface area contributed by atoms with Crippen molar-refractivity contribution in [2.24, 2.45) is 5.73 Å². The monoisotopic (exact) mass is 182 g/mol. The van der Waals surface area contributed by atoms with Gasteiger partial charge in [0.25, 0.3) is 0 Å². The van der Waals surface area contributed by atoms with Crippen LogP contribution in [0.2, 0.25) is 0 Å². The maximum Gasteiger partial charge on any atom is 0.244 e. The molecule has 2 amide bonds. The summed E-state index contributed by atoms with van der Waals surface area (Å²) < 4.78 is 0. The molecule has 3 N–H and O–H groups in total. The molecule has 1 fully saturated rings. The third-order valence-corrected chi connectivity index (χ3v) is 2.12. The average molecular weight is 182 g/mol. The molecule has 0 aliphatic heterocycles. The molecule has 1 unspecified atom stereocenters. The smallest absolute Gasteiger partial charge is 0.244 e. The Balaban J connectivity index is 2.36. The molecule has 1 atom stereocenters. The molecule has 0 radical (unpaired) electrons. The van der Waals surface area contributed by atoms with E-state index in [1.54, 1.807) is 13.0 Å². The molecule has 1 saturated carbocycles. The first-order chi connectivity index (χ1) is 6.09. The van der Waals surface area contributed by atoms with E-state index in [0.29, 0.717) is 0 Å². The molecule has 13 heavy (non-hydrogen) atoms. The van der Waals surface area contributed by atoms with E-state index in [1.165, 1.54) is 0 Å². The fraction of sp³-hybridized carbons (Fsp3) is 0.556. The van der Waals surface area contributed by atoms with Crippen LogP contribution < -0.4 is 11.1 Å². The molecule has 4 heteroatoms. The van der Waals surface area contributed by atoms with Crippen molar-refractivity contribution in [3.63, 3.8) is 0 Å². The quantitative estimate of drug-likeness (QED) is 0.607. The lowest BCUT2D eigenvalue weighted by Gasteiger charge is -2.16. The van der Waals surface area contributed by atoms with Crippen LogP contribution in [0.4, 0.5) is 0 Å². The number of nitrogens with two attached hydrogens (primary N) is 1. The Hall–Kier alpha value is -1.32. The molecule has 0 bridgehead atoms. The van der Waals surface area contributed by atoms with Crippen molar-refractivity contribution in [3.8, 4) is 0 Å². The summed E-state index contributed by atoms with van der Waals surface area (Å²) in [5.41, 5.74) is 6.13.